The van der Waals surface area contributed by atoms with Gasteiger partial charge in [0.1, 0.15) is 24.7 Å². The van der Waals surface area contributed by atoms with Gasteiger partial charge in [-0.3, -0.25) is 0 Å². The summed E-state index contributed by atoms with van der Waals surface area (Å²) in [5, 5.41) is 0. The molecule has 0 unspecified atom stereocenters. The van der Waals surface area contributed by atoms with Crippen molar-refractivity contribution >= 4 is 0 Å². The van der Waals surface area contributed by atoms with Crippen LogP contribution in [-0.4, -0.2) is 119 Å². The predicted octanol–water partition coefficient (Wildman–Crippen LogP) is 2.15. The Kier molecular flexibility index (Phi) is 20.0. The van der Waals surface area contributed by atoms with Crippen LogP contribution in [0.4, 0.5) is 0 Å². The fraction of sp³-hybridized carbons (Fsp3) is 0.692. The van der Waals surface area contributed by atoms with E-state index in [9.17, 15) is 0 Å². The van der Waals surface area contributed by atoms with Crippen molar-refractivity contribution in [2.45, 2.75) is 0 Å². The molecule has 206 valence electrons. The molecule has 2 heterocycles. The highest BCUT2D eigenvalue weighted by molar-refractivity contribution is 5.31. The van der Waals surface area contributed by atoms with Crippen molar-refractivity contribution in [2.24, 2.45) is 0 Å². The van der Waals surface area contributed by atoms with Gasteiger partial charge in [0.15, 0.2) is 0 Å². The van der Waals surface area contributed by atoms with E-state index in [1.54, 1.807) is 0 Å². The first-order chi connectivity index (χ1) is 17.9. The summed E-state index contributed by atoms with van der Waals surface area (Å²) in [6, 6.07) is 7.48. The Morgan fingerprint density at radius 2 is 0.556 bits per heavy atom. The maximum Gasteiger partial charge on any atom is 0.119 e. The van der Waals surface area contributed by atoms with Crippen molar-refractivity contribution in [3.8, 4) is 11.5 Å². The molecule has 2 aliphatic heterocycles. The minimum atomic E-state index is 0.466. The third kappa shape index (κ3) is 18.5. The van der Waals surface area contributed by atoms with Crippen molar-refractivity contribution in [3.05, 3.63) is 36.4 Å². The number of ether oxygens (including phenoxy) is 10. The van der Waals surface area contributed by atoms with Gasteiger partial charge in [-0.2, -0.15) is 0 Å². The highest BCUT2D eigenvalue weighted by Gasteiger charge is 1.99. The molecular formula is C26H42O10. The van der Waals surface area contributed by atoms with Crippen molar-refractivity contribution in [3.63, 3.8) is 0 Å². The van der Waals surface area contributed by atoms with Crippen LogP contribution in [0.25, 0.3) is 0 Å². The molecule has 10 heteroatoms. The van der Waals surface area contributed by atoms with Gasteiger partial charge in [-0.05, 0) is 24.3 Å². The van der Waals surface area contributed by atoms with Crippen molar-refractivity contribution in [1.29, 1.82) is 0 Å². The van der Waals surface area contributed by atoms with Gasteiger partial charge in [0.05, 0.1) is 106 Å². The lowest BCUT2D eigenvalue weighted by molar-refractivity contribution is -0.00299. The smallest absolute Gasteiger partial charge is 0.119 e. The maximum absolute atomic E-state index is 5.67. The number of fused-ring (bicyclic) bond motifs is 30. The van der Waals surface area contributed by atoms with E-state index in [-0.39, 0.29) is 0 Å². The third-order valence-electron chi connectivity index (χ3n) is 4.64. The molecule has 3 rings (SSSR count). The molecule has 0 aromatic heterocycles. The highest BCUT2D eigenvalue weighted by atomic mass is 16.6. The predicted molar refractivity (Wildman–Crippen MR) is 133 cm³/mol. The number of rotatable bonds is 0. The summed E-state index contributed by atoms with van der Waals surface area (Å²) in [5.41, 5.74) is 0. The van der Waals surface area contributed by atoms with E-state index < -0.39 is 0 Å². The molecule has 0 spiro atoms. The van der Waals surface area contributed by atoms with Crippen LogP contribution < -0.4 is 9.47 Å². The quantitative estimate of drug-likeness (QED) is 0.379. The first-order valence-electron chi connectivity index (χ1n) is 12.6. The summed E-state index contributed by atoms with van der Waals surface area (Å²) in [7, 11) is 0. The molecule has 0 N–H and O–H groups in total. The molecule has 0 radical (unpaired) electrons. The molecule has 0 saturated heterocycles. The Morgan fingerprint density at radius 3 is 0.861 bits per heavy atom. The lowest BCUT2D eigenvalue weighted by Gasteiger charge is -2.10. The van der Waals surface area contributed by atoms with E-state index in [1.165, 1.54) is 0 Å². The highest BCUT2D eigenvalue weighted by Crippen LogP contribution is 2.17. The molecule has 0 amide bonds. The second-order valence-electron chi connectivity index (χ2n) is 7.46. The van der Waals surface area contributed by atoms with Gasteiger partial charge >= 0.3 is 0 Å². The Morgan fingerprint density at radius 1 is 0.306 bits per heavy atom. The topological polar surface area (TPSA) is 92.3 Å². The van der Waals surface area contributed by atoms with Gasteiger partial charge in [-0.25, -0.2) is 0 Å². The van der Waals surface area contributed by atoms with E-state index in [2.05, 4.69) is 0 Å². The zero-order chi connectivity index (χ0) is 25.2. The Hall–Kier alpha value is -1.76. The summed E-state index contributed by atoms with van der Waals surface area (Å²) in [5.74, 6) is 1.53. The van der Waals surface area contributed by atoms with Gasteiger partial charge < -0.3 is 47.4 Å². The van der Waals surface area contributed by atoms with Crippen molar-refractivity contribution in [2.75, 3.05) is 119 Å². The maximum atomic E-state index is 5.67. The zero-order valence-corrected chi connectivity index (χ0v) is 21.3. The van der Waals surface area contributed by atoms with Crippen LogP contribution in [0.5, 0.6) is 11.5 Å². The summed E-state index contributed by atoms with van der Waals surface area (Å²) in [6.07, 6.45) is 3.86. The molecule has 0 fully saturated rings. The number of hydrogen-bond acceptors (Lipinski definition) is 10. The Balaban J connectivity index is 1.57. The van der Waals surface area contributed by atoms with Crippen LogP contribution >= 0.6 is 0 Å². The standard InChI is InChI=1S/C26H42O10/c1-2-8-28-10-12-30-14-16-32-18-20-34-22-24-36-26-5-3-25(4-6-26)35-23-21-33-19-17-31-15-13-29-11-9-27-7-1/h1-6H,7-24H2. The molecule has 1 aromatic rings. The Labute approximate surface area is 214 Å². The van der Waals surface area contributed by atoms with E-state index in [0.717, 1.165) is 11.5 Å². The molecule has 10 nitrogen and oxygen atoms in total. The lowest BCUT2D eigenvalue weighted by atomic mass is 10.3. The van der Waals surface area contributed by atoms with Crippen molar-refractivity contribution in [1.82, 2.24) is 0 Å². The monoisotopic (exact) mass is 514 g/mol. The third-order valence-corrected chi connectivity index (χ3v) is 4.64. The molecular weight excluding hydrogens is 472 g/mol. The fourth-order valence-corrected chi connectivity index (χ4v) is 2.83. The first kappa shape index (κ1) is 30.5. The molecule has 0 saturated carbocycles. The van der Waals surface area contributed by atoms with Crippen LogP contribution in [0, 0.1) is 0 Å². The second kappa shape index (κ2) is 23.6. The van der Waals surface area contributed by atoms with Crippen LogP contribution in [0.15, 0.2) is 36.4 Å². The fourth-order valence-electron chi connectivity index (χ4n) is 2.83. The molecule has 2 aliphatic rings. The molecule has 1 aromatic carbocycles. The van der Waals surface area contributed by atoms with E-state index in [4.69, 9.17) is 47.4 Å². The molecule has 0 atom stereocenters. The largest absolute Gasteiger partial charge is 0.491 e. The van der Waals surface area contributed by atoms with Crippen LogP contribution in [0.2, 0.25) is 0 Å². The van der Waals surface area contributed by atoms with Gasteiger partial charge in [0, 0.05) is 0 Å². The van der Waals surface area contributed by atoms with E-state index >= 15 is 0 Å². The lowest BCUT2D eigenvalue weighted by Crippen LogP contribution is -2.14. The van der Waals surface area contributed by atoms with E-state index in [0.29, 0.717) is 119 Å². The SMILES string of the molecule is C1=CCOCCOCCOCCOCCOc2ccc(cc2)OCCOCCOCCOCCOC1. The number of benzene rings is 1. The number of hydrogen-bond donors (Lipinski definition) is 0. The molecule has 0 aliphatic carbocycles. The summed E-state index contributed by atoms with van der Waals surface area (Å²) in [4.78, 5) is 0. The van der Waals surface area contributed by atoms with Gasteiger partial charge in [0.25, 0.3) is 0 Å². The average molecular weight is 515 g/mol. The van der Waals surface area contributed by atoms with Gasteiger partial charge in [-0.15, -0.1) is 0 Å². The van der Waals surface area contributed by atoms with E-state index in [1.807, 2.05) is 36.4 Å². The minimum absolute atomic E-state index is 0.466. The Bertz CT molecular complexity index is 573. The first-order valence-corrected chi connectivity index (χ1v) is 12.6. The molecule has 36 heavy (non-hydrogen) atoms. The average Bonchev–Trinajstić information content (AvgIpc) is 2.90. The summed E-state index contributed by atoms with van der Waals surface area (Å²) in [6.45, 7) is 9.24. The summed E-state index contributed by atoms with van der Waals surface area (Å²) >= 11 is 0. The van der Waals surface area contributed by atoms with Crippen LogP contribution in [-0.2, 0) is 37.9 Å². The van der Waals surface area contributed by atoms with Gasteiger partial charge in [0.2, 0.25) is 0 Å². The van der Waals surface area contributed by atoms with Crippen LogP contribution in [0.3, 0.4) is 0 Å². The van der Waals surface area contributed by atoms with Gasteiger partial charge in [-0.1, -0.05) is 12.2 Å². The zero-order valence-electron chi connectivity index (χ0n) is 21.3. The molecule has 2 bridgehead atoms. The normalized spacial score (nSPS) is 21.0. The second-order valence-corrected chi connectivity index (χ2v) is 7.46. The summed E-state index contributed by atoms with van der Waals surface area (Å²) < 4.78 is 55.2. The minimum Gasteiger partial charge on any atom is -0.491 e. The van der Waals surface area contributed by atoms with Crippen molar-refractivity contribution < 1.29 is 47.4 Å². The van der Waals surface area contributed by atoms with Crippen LogP contribution in [0.1, 0.15) is 0 Å².